The average Bonchev–Trinajstić information content (AvgIpc) is 3.15. The standard InChI is InChI=1S/C54H84O7/c1-12-13-14-15-16-17-18-19-20-21-22-33-50(58)61-48(38-46(6)55)41-51(7,8)49(57)35-34-44(4)31-25-29-42(2)27-23-24-28-43(3)30-26-32-45(5)36-37-54(60)52(9,10)39-47(56)40-53(54,11)59/h23-32,34-37,47-48,56,59-60H,12-22,33,38-41H2,1-11H3/b24-23+,29-25+,30-26+,35-34+,37-36+,42-27+,43-28+,44-31+,45-32+/t47-,48+,53+,54-/m0/s1. The number of ketones is 2. The molecule has 0 saturated heterocycles. The number of esters is 1. The van der Waals surface area contributed by atoms with E-state index in [4.69, 9.17) is 4.74 Å². The zero-order valence-corrected chi connectivity index (χ0v) is 40.0. The molecule has 4 atom stereocenters. The van der Waals surface area contributed by atoms with Gasteiger partial charge in [0.05, 0.1) is 11.7 Å². The Morgan fingerprint density at radius 2 is 1.11 bits per heavy atom. The summed E-state index contributed by atoms with van der Waals surface area (Å²) in [6.45, 7) is 20.6. The van der Waals surface area contributed by atoms with E-state index in [2.05, 4.69) is 6.92 Å². The van der Waals surface area contributed by atoms with Crippen molar-refractivity contribution in [3.8, 4) is 0 Å². The van der Waals surface area contributed by atoms with Crippen LogP contribution in [0, 0.1) is 10.8 Å². The van der Waals surface area contributed by atoms with Crippen molar-refractivity contribution in [2.75, 3.05) is 0 Å². The summed E-state index contributed by atoms with van der Waals surface area (Å²) in [6, 6.07) is 0. The second-order valence-corrected chi connectivity index (χ2v) is 19.2. The van der Waals surface area contributed by atoms with Gasteiger partial charge in [0, 0.05) is 30.1 Å². The molecule has 0 aromatic carbocycles. The summed E-state index contributed by atoms with van der Waals surface area (Å²) in [7, 11) is 0. The summed E-state index contributed by atoms with van der Waals surface area (Å²) in [6.07, 6.45) is 39.8. The summed E-state index contributed by atoms with van der Waals surface area (Å²) in [4.78, 5) is 38.0. The summed E-state index contributed by atoms with van der Waals surface area (Å²) >= 11 is 0. The Morgan fingerprint density at radius 1 is 0.656 bits per heavy atom. The minimum atomic E-state index is -1.47. The molecule has 3 N–H and O–H groups in total. The molecule has 1 saturated carbocycles. The van der Waals surface area contributed by atoms with E-state index >= 15 is 0 Å². The first-order valence-electron chi connectivity index (χ1n) is 23.0. The fourth-order valence-corrected chi connectivity index (χ4v) is 7.91. The van der Waals surface area contributed by atoms with Gasteiger partial charge in [-0.25, -0.2) is 0 Å². The normalized spacial score (nSPS) is 22.7. The van der Waals surface area contributed by atoms with Crippen LogP contribution >= 0.6 is 0 Å². The van der Waals surface area contributed by atoms with Crippen LogP contribution in [-0.2, 0) is 19.1 Å². The number of aliphatic hydroxyl groups excluding tert-OH is 1. The first-order chi connectivity index (χ1) is 28.5. The first-order valence-corrected chi connectivity index (χ1v) is 23.0. The van der Waals surface area contributed by atoms with Crippen LogP contribution < -0.4 is 0 Å². The number of ether oxygens (including phenoxy) is 1. The molecule has 0 unspecified atom stereocenters. The number of allylic oxidation sites excluding steroid dienone is 17. The van der Waals surface area contributed by atoms with E-state index < -0.39 is 34.2 Å². The second-order valence-electron chi connectivity index (χ2n) is 19.2. The van der Waals surface area contributed by atoms with E-state index in [1.54, 1.807) is 25.2 Å². The van der Waals surface area contributed by atoms with Crippen LogP contribution in [0.5, 0.6) is 0 Å². The number of hydrogen-bond acceptors (Lipinski definition) is 7. The van der Waals surface area contributed by atoms with Gasteiger partial charge in [0.2, 0.25) is 0 Å². The summed E-state index contributed by atoms with van der Waals surface area (Å²) in [5.41, 5.74) is -0.477. The van der Waals surface area contributed by atoms with Crippen molar-refractivity contribution in [3.05, 3.63) is 107 Å². The van der Waals surface area contributed by atoms with Gasteiger partial charge in [0.25, 0.3) is 0 Å². The lowest BCUT2D eigenvalue weighted by Gasteiger charge is -2.54. The molecule has 0 bridgehead atoms. The lowest BCUT2D eigenvalue weighted by atomic mass is 9.57. The molecule has 7 heteroatoms. The summed E-state index contributed by atoms with van der Waals surface area (Å²) < 4.78 is 5.75. The van der Waals surface area contributed by atoms with Gasteiger partial charge in [-0.1, -0.05) is 194 Å². The van der Waals surface area contributed by atoms with E-state index in [-0.39, 0.29) is 36.8 Å². The maximum absolute atomic E-state index is 13.3. The average molecular weight is 845 g/mol. The molecule has 0 amide bonds. The van der Waals surface area contributed by atoms with Crippen molar-refractivity contribution in [2.45, 2.75) is 202 Å². The fraction of sp³-hybridized carbons (Fsp3) is 0.611. The molecule has 0 heterocycles. The van der Waals surface area contributed by atoms with Crippen molar-refractivity contribution in [2.24, 2.45) is 10.8 Å². The zero-order chi connectivity index (χ0) is 46.1. The molecule has 0 radical (unpaired) electrons. The summed E-state index contributed by atoms with van der Waals surface area (Å²) in [5.74, 6) is -0.447. The number of carbonyl (C=O) groups excluding carboxylic acids is 3. The number of Topliss-reactive ketones (excluding diaryl/α,β-unsaturated/α-hetero) is 1. The van der Waals surface area contributed by atoms with Gasteiger partial charge in [-0.15, -0.1) is 0 Å². The molecule has 0 aromatic heterocycles. The smallest absolute Gasteiger partial charge is 0.306 e. The molecule has 1 aliphatic carbocycles. The Bertz CT molecular complexity index is 1630. The van der Waals surface area contributed by atoms with E-state index in [9.17, 15) is 29.7 Å². The van der Waals surface area contributed by atoms with Gasteiger partial charge in [-0.3, -0.25) is 14.4 Å². The van der Waals surface area contributed by atoms with Gasteiger partial charge >= 0.3 is 5.97 Å². The lowest BCUT2D eigenvalue weighted by Crippen LogP contribution is -2.65. The second kappa shape index (κ2) is 28.1. The predicted molar refractivity (Wildman–Crippen MR) is 255 cm³/mol. The van der Waals surface area contributed by atoms with Crippen LogP contribution in [0.4, 0.5) is 0 Å². The van der Waals surface area contributed by atoms with Crippen molar-refractivity contribution >= 4 is 17.5 Å². The Kier molecular flexibility index (Phi) is 25.5. The highest BCUT2D eigenvalue weighted by molar-refractivity contribution is 5.94. The Morgan fingerprint density at radius 3 is 1.61 bits per heavy atom. The highest BCUT2D eigenvalue weighted by Crippen LogP contribution is 2.50. The van der Waals surface area contributed by atoms with E-state index in [0.717, 1.165) is 41.6 Å². The lowest BCUT2D eigenvalue weighted by molar-refractivity contribution is -0.216. The van der Waals surface area contributed by atoms with Crippen LogP contribution in [0.3, 0.4) is 0 Å². The number of carbonyl (C=O) groups is 3. The highest BCUT2D eigenvalue weighted by atomic mass is 16.5. The largest absolute Gasteiger partial charge is 0.462 e. The Hall–Kier alpha value is -3.65. The highest BCUT2D eigenvalue weighted by Gasteiger charge is 2.58. The number of aliphatic hydroxyl groups is 3. The maximum atomic E-state index is 13.3. The van der Waals surface area contributed by atoms with Gasteiger partial charge in [0.1, 0.15) is 17.5 Å². The molecule has 0 spiro atoms. The quantitative estimate of drug-likeness (QED) is 0.0310. The molecule has 61 heavy (non-hydrogen) atoms. The monoisotopic (exact) mass is 845 g/mol. The number of hydrogen-bond donors (Lipinski definition) is 3. The third-order valence-corrected chi connectivity index (χ3v) is 11.8. The molecule has 1 rings (SSSR count). The topological polar surface area (TPSA) is 121 Å². The van der Waals surface area contributed by atoms with Gasteiger partial charge in [-0.2, -0.15) is 0 Å². The van der Waals surface area contributed by atoms with Crippen LogP contribution in [-0.4, -0.2) is 56.3 Å². The Labute approximate surface area is 371 Å². The molecule has 1 aliphatic rings. The molecule has 7 nitrogen and oxygen atoms in total. The van der Waals surface area contributed by atoms with E-state index in [1.165, 1.54) is 58.3 Å². The number of rotatable bonds is 28. The SMILES string of the molecule is CCCCCCCCCCCCCC(=O)O[C@H](CC(C)=O)CC(C)(C)C(=O)/C=C/C(C)=C/C=C/C(C)=C/C=C/C=C(C)/C=C/C=C(C)/C=C/[C@]1(O)C(C)(C)C[C@H](O)C[C@@]1(C)O. The molecule has 0 aromatic rings. The molecular formula is C54H84O7. The van der Waals surface area contributed by atoms with Crippen LogP contribution in [0.1, 0.15) is 179 Å². The first kappa shape index (κ1) is 55.4. The van der Waals surface area contributed by atoms with Gasteiger partial charge in [-0.05, 0) is 73.0 Å². The molecule has 0 aliphatic heterocycles. The molecule has 1 fully saturated rings. The van der Waals surface area contributed by atoms with Crippen molar-refractivity contribution in [1.29, 1.82) is 0 Å². The molecule has 342 valence electrons. The summed E-state index contributed by atoms with van der Waals surface area (Å²) in [5, 5.41) is 32.6. The number of unbranched alkanes of at least 4 members (excludes halogenated alkanes) is 10. The Balaban J connectivity index is 2.64. The molecular weight excluding hydrogens is 761 g/mol. The third-order valence-electron chi connectivity index (χ3n) is 11.8. The van der Waals surface area contributed by atoms with Gasteiger partial charge in [0.15, 0.2) is 5.78 Å². The zero-order valence-electron chi connectivity index (χ0n) is 40.0. The minimum Gasteiger partial charge on any atom is -0.462 e. The van der Waals surface area contributed by atoms with Crippen LogP contribution in [0.2, 0.25) is 0 Å². The maximum Gasteiger partial charge on any atom is 0.306 e. The van der Waals surface area contributed by atoms with E-state index in [1.807, 2.05) is 122 Å². The van der Waals surface area contributed by atoms with Crippen molar-refractivity contribution in [3.63, 3.8) is 0 Å². The third kappa shape index (κ3) is 22.3. The minimum absolute atomic E-state index is 0.0671. The van der Waals surface area contributed by atoms with Crippen molar-refractivity contribution < 1.29 is 34.4 Å². The predicted octanol–water partition coefficient (Wildman–Crippen LogP) is 12.8. The van der Waals surface area contributed by atoms with E-state index in [0.29, 0.717) is 12.8 Å². The van der Waals surface area contributed by atoms with Crippen LogP contribution in [0.15, 0.2) is 107 Å². The fourth-order valence-electron chi connectivity index (χ4n) is 7.91. The van der Waals surface area contributed by atoms with Crippen LogP contribution in [0.25, 0.3) is 0 Å². The van der Waals surface area contributed by atoms with Crippen molar-refractivity contribution in [1.82, 2.24) is 0 Å². The van der Waals surface area contributed by atoms with Gasteiger partial charge < -0.3 is 20.1 Å².